The number of fused-ring (bicyclic) bond motifs is 1. The third-order valence-electron chi connectivity index (χ3n) is 5.59. The van der Waals surface area contributed by atoms with E-state index < -0.39 is 0 Å². The van der Waals surface area contributed by atoms with E-state index in [1.807, 2.05) is 39.9 Å². The third-order valence-corrected chi connectivity index (χ3v) is 5.59. The average Bonchev–Trinajstić information content (AvgIpc) is 3.44. The molecule has 1 aromatic carbocycles. The van der Waals surface area contributed by atoms with Gasteiger partial charge in [-0.3, -0.25) is 4.79 Å². The Labute approximate surface area is 168 Å². The lowest BCUT2D eigenvalue weighted by Crippen LogP contribution is -2.38. The summed E-state index contributed by atoms with van der Waals surface area (Å²) in [4.78, 5) is 31.4. The van der Waals surface area contributed by atoms with Gasteiger partial charge < -0.3 is 14.5 Å². The molecule has 1 saturated heterocycles. The van der Waals surface area contributed by atoms with Crippen molar-refractivity contribution < 1.29 is 4.79 Å². The number of likely N-dealkylation sites (tertiary alicyclic amines) is 1. The summed E-state index contributed by atoms with van der Waals surface area (Å²) >= 11 is 0. The molecule has 3 aromatic heterocycles. The SMILES string of the molecule is O=C(c1cnc2c(c1)ncn2Cc1ccccc1)N1CCC(c2ncc[nH]2)CC1. The normalized spacial score (nSPS) is 15.1. The fourth-order valence-corrected chi connectivity index (χ4v) is 4.00. The van der Waals surface area contributed by atoms with E-state index in [0.717, 1.165) is 42.9 Å². The Balaban J connectivity index is 1.30. The largest absolute Gasteiger partial charge is 0.348 e. The number of nitrogens with zero attached hydrogens (tertiary/aromatic N) is 5. The Morgan fingerprint density at radius 1 is 1.10 bits per heavy atom. The van der Waals surface area contributed by atoms with Crippen molar-refractivity contribution in [3.63, 3.8) is 0 Å². The number of piperidine rings is 1. The van der Waals surface area contributed by atoms with Crippen LogP contribution in [0.25, 0.3) is 11.2 Å². The Kier molecular flexibility index (Phi) is 4.56. The molecule has 0 spiro atoms. The molecule has 146 valence electrons. The molecule has 1 fully saturated rings. The number of amides is 1. The number of hydrogen-bond acceptors (Lipinski definition) is 4. The summed E-state index contributed by atoms with van der Waals surface area (Å²) < 4.78 is 2.01. The number of hydrogen-bond donors (Lipinski definition) is 1. The van der Waals surface area contributed by atoms with Gasteiger partial charge in [0.15, 0.2) is 5.65 Å². The maximum absolute atomic E-state index is 13.0. The highest BCUT2D eigenvalue weighted by molar-refractivity contribution is 5.96. The molecule has 1 N–H and O–H groups in total. The van der Waals surface area contributed by atoms with Crippen LogP contribution in [0.1, 0.15) is 40.5 Å². The minimum absolute atomic E-state index is 0.0231. The van der Waals surface area contributed by atoms with Gasteiger partial charge in [0.25, 0.3) is 5.91 Å². The van der Waals surface area contributed by atoms with Crippen LogP contribution in [0.3, 0.4) is 0 Å². The third kappa shape index (κ3) is 3.51. The summed E-state index contributed by atoms with van der Waals surface area (Å²) in [6, 6.07) is 12.1. The molecular formula is C22H22N6O. The van der Waals surface area contributed by atoms with Crippen molar-refractivity contribution in [2.24, 2.45) is 0 Å². The molecule has 0 bridgehead atoms. The maximum atomic E-state index is 13.0. The van der Waals surface area contributed by atoms with Gasteiger partial charge in [0.2, 0.25) is 0 Å². The number of carbonyl (C=O) groups is 1. The van der Waals surface area contributed by atoms with E-state index in [2.05, 4.69) is 32.1 Å². The monoisotopic (exact) mass is 386 g/mol. The van der Waals surface area contributed by atoms with Gasteiger partial charge in [-0.25, -0.2) is 15.0 Å². The predicted molar refractivity (Wildman–Crippen MR) is 110 cm³/mol. The van der Waals surface area contributed by atoms with Crippen molar-refractivity contribution in [3.05, 3.63) is 78.3 Å². The van der Waals surface area contributed by atoms with E-state index in [0.29, 0.717) is 18.0 Å². The number of H-pyrrole nitrogens is 1. The molecule has 29 heavy (non-hydrogen) atoms. The van der Waals surface area contributed by atoms with Crippen LogP contribution in [-0.4, -0.2) is 48.4 Å². The number of benzene rings is 1. The Bertz CT molecular complexity index is 1110. The number of carbonyl (C=O) groups excluding carboxylic acids is 1. The Morgan fingerprint density at radius 2 is 1.93 bits per heavy atom. The van der Waals surface area contributed by atoms with Gasteiger partial charge in [0.05, 0.1) is 18.4 Å². The second-order valence-electron chi connectivity index (χ2n) is 7.47. The van der Waals surface area contributed by atoms with Crippen LogP contribution in [0.4, 0.5) is 0 Å². The first-order valence-corrected chi connectivity index (χ1v) is 9.91. The summed E-state index contributed by atoms with van der Waals surface area (Å²) in [5.41, 5.74) is 3.33. The van der Waals surface area contributed by atoms with Gasteiger partial charge in [0.1, 0.15) is 11.3 Å². The minimum atomic E-state index is 0.0231. The topological polar surface area (TPSA) is 79.7 Å². The first-order valence-electron chi connectivity index (χ1n) is 9.91. The Hall–Kier alpha value is -3.48. The number of imidazole rings is 2. The van der Waals surface area contributed by atoms with Crippen molar-refractivity contribution in [2.75, 3.05) is 13.1 Å². The first-order chi connectivity index (χ1) is 14.3. The highest BCUT2D eigenvalue weighted by atomic mass is 16.2. The predicted octanol–water partition coefficient (Wildman–Crippen LogP) is 3.22. The molecule has 7 heteroatoms. The second kappa shape index (κ2) is 7.50. The molecule has 4 heterocycles. The van der Waals surface area contributed by atoms with E-state index >= 15 is 0 Å². The quantitative estimate of drug-likeness (QED) is 0.584. The van der Waals surface area contributed by atoms with Crippen LogP contribution >= 0.6 is 0 Å². The fraction of sp³-hybridized carbons (Fsp3) is 0.273. The van der Waals surface area contributed by atoms with Crippen molar-refractivity contribution in [1.82, 2.24) is 29.4 Å². The van der Waals surface area contributed by atoms with Crippen molar-refractivity contribution in [2.45, 2.75) is 25.3 Å². The fourth-order valence-electron chi connectivity index (χ4n) is 4.00. The molecule has 0 radical (unpaired) electrons. The van der Waals surface area contributed by atoms with Crippen molar-refractivity contribution in [3.8, 4) is 0 Å². The van der Waals surface area contributed by atoms with Crippen LogP contribution < -0.4 is 0 Å². The number of rotatable bonds is 4. The molecule has 0 unspecified atom stereocenters. The molecule has 7 nitrogen and oxygen atoms in total. The summed E-state index contributed by atoms with van der Waals surface area (Å²) in [6.45, 7) is 2.16. The molecule has 0 saturated carbocycles. The van der Waals surface area contributed by atoms with E-state index in [9.17, 15) is 4.79 Å². The van der Waals surface area contributed by atoms with Gasteiger partial charge in [0, 0.05) is 37.6 Å². The molecule has 0 aliphatic carbocycles. The van der Waals surface area contributed by atoms with Crippen LogP contribution in [0.5, 0.6) is 0 Å². The van der Waals surface area contributed by atoms with Gasteiger partial charge in [-0.2, -0.15) is 0 Å². The average molecular weight is 386 g/mol. The summed E-state index contributed by atoms with van der Waals surface area (Å²) in [7, 11) is 0. The van der Waals surface area contributed by atoms with Crippen molar-refractivity contribution >= 4 is 17.1 Å². The molecule has 0 atom stereocenters. The lowest BCUT2D eigenvalue weighted by molar-refractivity contribution is 0.0711. The zero-order valence-electron chi connectivity index (χ0n) is 16.0. The lowest BCUT2D eigenvalue weighted by Gasteiger charge is -2.31. The number of aromatic amines is 1. The highest BCUT2D eigenvalue weighted by Crippen LogP contribution is 2.26. The van der Waals surface area contributed by atoms with Crippen LogP contribution in [0.15, 0.2) is 61.3 Å². The van der Waals surface area contributed by atoms with Gasteiger partial charge >= 0.3 is 0 Å². The van der Waals surface area contributed by atoms with Crippen LogP contribution in [0.2, 0.25) is 0 Å². The summed E-state index contributed by atoms with van der Waals surface area (Å²) in [5.74, 6) is 1.43. The summed E-state index contributed by atoms with van der Waals surface area (Å²) in [6.07, 6.45) is 8.93. The number of aromatic nitrogens is 5. The van der Waals surface area contributed by atoms with Crippen molar-refractivity contribution in [1.29, 1.82) is 0 Å². The van der Waals surface area contributed by atoms with E-state index in [1.54, 1.807) is 18.7 Å². The summed E-state index contributed by atoms with van der Waals surface area (Å²) in [5, 5.41) is 0. The van der Waals surface area contributed by atoms with E-state index in [1.165, 1.54) is 5.56 Å². The molecule has 4 aromatic rings. The molecule has 1 amide bonds. The Morgan fingerprint density at radius 3 is 2.69 bits per heavy atom. The standard InChI is InChI=1S/C22H22N6O/c29-22(27-10-6-17(7-11-27)20-23-8-9-24-20)18-12-19-21(25-13-18)28(15-26-19)14-16-4-2-1-3-5-16/h1-5,8-9,12-13,15,17H,6-7,10-11,14H2,(H,23,24). The van der Waals surface area contributed by atoms with Crippen LogP contribution in [0, 0.1) is 0 Å². The van der Waals surface area contributed by atoms with E-state index in [-0.39, 0.29) is 5.91 Å². The number of pyridine rings is 1. The van der Waals surface area contributed by atoms with Gasteiger partial charge in [-0.1, -0.05) is 30.3 Å². The second-order valence-corrected chi connectivity index (χ2v) is 7.47. The van der Waals surface area contributed by atoms with E-state index in [4.69, 9.17) is 0 Å². The van der Waals surface area contributed by atoms with Crippen LogP contribution in [-0.2, 0) is 6.54 Å². The first kappa shape index (κ1) is 17.6. The number of nitrogens with one attached hydrogen (secondary N) is 1. The highest BCUT2D eigenvalue weighted by Gasteiger charge is 2.26. The van der Waals surface area contributed by atoms with Gasteiger partial charge in [-0.15, -0.1) is 0 Å². The molecular weight excluding hydrogens is 364 g/mol. The zero-order valence-corrected chi connectivity index (χ0v) is 16.0. The molecule has 5 rings (SSSR count). The smallest absolute Gasteiger partial charge is 0.255 e. The zero-order chi connectivity index (χ0) is 19.6. The molecule has 1 aliphatic heterocycles. The minimum Gasteiger partial charge on any atom is -0.348 e. The van der Waals surface area contributed by atoms with Gasteiger partial charge in [-0.05, 0) is 24.5 Å². The molecule has 1 aliphatic rings. The lowest BCUT2D eigenvalue weighted by atomic mass is 9.96. The maximum Gasteiger partial charge on any atom is 0.255 e.